The van der Waals surface area contributed by atoms with E-state index in [0.717, 1.165) is 24.3 Å². The van der Waals surface area contributed by atoms with Gasteiger partial charge in [0.15, 0.2) is 0 Å². The summed E-state index contributed by atoms with van der Waals surface area (Å²) in [5.74, 6) is 0.688. The standard InChI is InChI=1S/C17H21N3/c1-13-8-15-4-2-3-5-17(15)20(11-13)12-16-7-6-14(9-18)10-19-16/h2-7,10,13H,8-9,11-12,18H2,1H3. The maximum absolute atomic E-state index is 5.62. The first-order valence-electron chi connectivity index (χ1n) is 7.23. The van der Waals surface area contributed by atoms with E-state index in [1.807, 2.05) is 6.20 Å². The van der Waals surface area contributed by atoms with Crippen molar-refractivity contribution in [3.05, 3.63) is 59.4 Å². The van der Waals surface area contributed by atoms with Crippen LogP contribution < -0.4 is 10.6 Å². The Hall–Kier alpha value is -1.87. The van der Waals surface area contributed by atoms with Gasteiger partial charge in [-0.05, 0) is 35.6 Å². The van der Waals surface area contributed by atoms with Crippen LogP contribution >= 0.6 is 0 Å². The van der Waals surface area contributed by atoms with E-state index < -0.39 is 0 Å². The molecule has 1 aromatic heterocycles. The molecule has 0 bridgehead atoms. The predicted octanol–water partition coefficient (Wildman–Crippen LogP) is 2.74. The molecule has 1 aromatic carbocycles. The molecule has 3 nitrogen and oxygen atoms in total. The van der Waals surface area contributed by atoms with Crippen molar-refractivity contribution in [1.29, 1.82) is 0 Å². The van der Waals surface area contributed by atoms with Gasteiger partial charge in [0, 0.05) is 25.0 Å². The van der Waals surface area contributed by atoms with Crippen LogP contribution in [0.25, 0.3) is 0 Å². The van der Waals surface area contributed by atoms with Crippen molar-refractivity contribution in [2.45, 2.75) is 26.4 Å². The van der Waals surface area contributed by atoms with Crippen LogP contribution in [0.5, 0.6) is 0 Å². The summed E-state index contributed by atoms with van der Waals surface area (Å²) in [4.78, 5) is 6.96. The summed E-state index contributed by atoms with van der Waals surface area (Å²) in [5, 5.41) is 0. The normalized spacial score (nSPS) is 17.9. The third-order valence-corrected chi connectivity index (χ3v) is 3.91. The smallest absolute Gasteiger partial charge is 0.0602 e. The van der Waals surface area contributed by atoms with Gasteiger partial charge >= 0.3 is 0 Å². The van der Waals surface area contributed by atoms with E-state index in [1.54, 1.807) is 0 Å². The topological polar surface area (TPSA) is 42.1 Å². The Morgan fingerprint density at radius 1 is 1.25 bits per heavy atom. The van der Waals surface area contributed by atoms with Gasteiger partial charge in [-0.1, -0.05) is 31.2 Å². The van der Waals surface area contributed by atoms with E-state index in [0.29, 0.717) is 12.5 Å². The van der Waals surface area contributed by atoms with E-state index in [1.165, 1.54) is 17.7 Å². The molecule has 3 rings (SSSR count). The first-order valence-corrected chi connectivity index (χ1v) is 7.23. The Balaban J connectivity index is 1.83. The van der Waals surface area contributed by atoms with Gasteiger partial charge in [-0.15, -0.1) is 0 Å². The molecule has 0 saturated heterocycles. The first-order chi connectivity index (χ1) is 9.76. The highest BCUT2D eigenvalue weighted by Gasteiger charge is 2.21. The Kier molecular flexibility index (Phi) is 3.70. The molecule has 2 heterocycles. The van der Waals surface area contributed by atoms with Crippen molar-refractivity contribution < 1.29 is 0 Å². The van der Waals surface area contributed by atoms with Crippen molar-refractivity contribution in [3.63, 3.8) is 0 Å². The van der Waals surface area contributed by atoms with E-state index in [9.17, 15) is 0 Å². The maximum atomic E-state index is 5.62. The quantitative estimate of drug-likeness (QED) is 0.929. The number of nitrogens with zero attached hydrogens (tertiary/aromatic N) is 2. The predicted molar refractivity (Wildman–Crippen MR) is 82.5 cm³/mol. The van der Waals surface area contributed by atoms with Gasteiger partial charge in [0.25, 0.3) is 0 Å². The molecular weight excluding hydrogens is 246 g/mol. The molecule has 1 aliphatic heterocycles. The number of anilines is 1. The monoisotopic (exact) mass is 267 g/mol. The molecule has 0 aliphatic carbocycles. The summed E-state index contributed by atoms with van der Waals surface area (Å²) in [6, 6.07) is 12.9. The zero-order valence-electron chi connectivity index (χ0n) is 11.9. The van der Waals surface area contributed by atoms with Gasteiger partial charge in [-0.2, -0.15) is 0 Å². The van der Waals surface area contributed by atoms with E-state index in [4.69, 9.17) is 5.73 Å². The lowest BCUT2D eigenvalue weighted by Gasteiger charge is -2.34. The fourth-order valence-electron chi connectivity index (χ4n) is 2.92. The summed E-state index contributed by atoms with van der Waals surface area (Å²) in [7, 11) is 0. The summed E-state index contributed by atoms with van der Waals surface area (Å²) >= 11 is 0. The number of rotatable bonds is 3. The average Bonchev–Trinajstić information content (AvgIpc) is 2.48. The highest BCUT2D eigenvalue weighted by molar-refractivity contribution is 5.55. The van der Waals surface area contributed by atoms with Crippen molar-refractivity contribution in [2.24, 2.45) is 11.7 Å². The zero-order valence-corrected chi connectivity index (χ0v) is 11.9. The second-order valence-corrected chi connectivity index (χ2v) is 5.68. The summed E-state index contributed by atoms with van der Waals surface area (Å²) in [6.45, 7) is 4.83. The van der Waals surface area contributed by atoms with Crippen LogP contribution in [0.4, 0.5) is 5.69 Å². The number of aromatic nitrogens is 1. The number of benzene rings is 1. The Labute approximate surface area is 120 Å². The van der Waals surface area contributed by atoms with Crippen molar-refractivity contribution in [1.82, 2.24) is 4.98 Å². The molecular formula is C17H21N3. The molecule has 0 radical (unpaired) electrons. The third-order valence-electron chi connectivity index (χ3n) is 3.91. The lowest BCUT2D eigenvalue weighted by molar-refractivity contribution is 0.528. The molecule has 20 heavy (non-hydrogen) atoms. The van der Waals surface area contributed by atoms with Crippen LogP contribution in [0.3, 0.4) is 0 Å². The molecule has 0 spiro atoms. The number of para-hydroxylation sites is 1. The average molecular weight is 267 g/mol. The molecule has 1 unspecified atom stereocenters. The number of pyridine rings is 1. The number of nitrogens with two attached hydrogens (primary N) is 1. The van der Waals surface area contributed by atoms with Crippen LogP contribution in [-0.2, 0) is 19.5 Å². The molecule has 104 valence electrons. The summed E-state index contributed by atoms with van der Waals surface area (Å²) in [6.07, 6.45) is 3.06. The van der Waals surface area contributed by atoms with Crippen molar-refractivity contribution in [3.8, 4) is 0 Å². The van der Waals surface area contributed by atoms with Gasteiger partial charge in [0.05, 0.1) is 12.2 Å². The number of hydrogen-bond acceptors (Lipinski definition) is 3. The fraction of sp³-hybridized carbons (Fsp3) is 0.353. The zero-order chi connectivity index (χ0) is 13.9. The number of fused-ring (bicyclic) bond motifs is 1. The molecule has 0 saturated carbocycles. The molecule has 1 atom stereocenters. The highest BCUT2D eigenvalue weighted by Crippen LogP contribution is 2.30. The van der Waals surface area contributed by atoms with Crippen LogP contribution in [0, 0.1) is 5.92 Å². The molecule has 3 heteroatoms. The minimum atomic E-state index is 0.552. The fourth-order valence-corrected chi connectivity index (χ4v) is 2.92. The molecule has 1 aliphatic rings. The van der Waals surface area contributed by atoms with E-state index in [2.05, 4.69) is 53.2 Å². The SMILES string of the molecule is CC1Cc2ccccc2N(Cc2ccc(CN)cn2)C1. The number of hydrogen-bond donors (Lipinski definition) is 1. The third kappa shape index (κ3) is 2.68. The first kappa shape index (κ1) is 13.1. The van der Waals surface area contributed by atoms with Gasteiger partial charge in [-0.25, -0.2) is 0 Å². The van der Waals surface area contributed by atoms with Gasteiger partial charge in [0.1, 0.15) is 0 Å². The Morgan fingerprint density at radius 3 is 2.85 bits per heavy atom. The Bertz CT molecular complexity index is 577. The Morgan fingerprint density at radius 2 is 2.10 bits per heavy atom. The van der Waals surface area contributed by atoms with E-state index in [-0.39, 0.29) is 0 Å². The lowest BCUT2D eigenvalue weighted by Crippen LogP contribution is -2.34. The second kappa shape index (κ2) is 5.63. The minimum absolute atomic E-state index is 0.552. The maximum Gasteiger partial charge on any atom is 0.0602 e. The molecule has 2 aromatic rings. The van der Waals surface area contributed by atoms with Crippen LogP contribution in [0.2, 0.25) is 0 Å². The van der Waals surface area contributed by atoms with Gasteiger partial charge in [-0.3, -0.25) is 4.98 Å². The minimum Gasteiger partial charge on any atom is -0.365 e. The van der Waals surface area contributed by atoms with Crippen molar-refractivity contribution in [2.75, 3.05) is 11.4 Å². The van der Waals surface area contributed by atoms with Crippen LogP contribution in [0.1, 0.15) is 23.7 Å². The largest absolute Gasteiger partial charge is 0.365 e. The lowest BCUT2D eigenvalue weighted by atomic mass is 9.94. The second-order valence-electron chi connectivity index (χ2n) is 5.68. The summed E-state index contributed by atoms with van der Waals surface area (Å²) < 4.78 is 0. The molecule has 2 N–H and O–H groups in total. The highest BCUT2D eigenvalue weighted by atomic mass is 15.1. The van der Waals surface area contributed by atoms with Crippen molar-refractivity contribution >= 4 is 5.69 Å². The molecule has 0 fully saturated rings. The van der Waals surface area contributed by atoms with Gasteiger partial charge < -0.3 is 10.6 Å². The van der Waals surface area contributed by atoms with Crippen LogP contribution in [0.15, 0.2) is 42.6 Å². The molecule has 0 amide bonds. The van der Waals surface area contributed by atoms with Crippen LogP contribution in [-0.4, -0.2) is 11.5 Å². The summed E-state index contributed by atoms with van der Waals surface area (Å²) in [5.41, 5.74) is 10.6. The van der Waals surface area contributed by atoms with Gasteiger partial charge in [0.2, 0.25) is 0 Å². The van der Waals surface area contributed by atoms with E-state index >= 15 is 0 Å².